The maximum atomic E-state index is 13.2. The fourth-order valence-corrected chi connectivity index (χ4v) is 6.89. The van der Waals surface area contributed by atoms with Crippen LogP contribution in [0.4, 0.5) is 9.59 Å². The van der Waals surface area contributed by atoms with E-state index in [2.05, 4.69) is 5.32 Å². The molecule has 1 aromatic carbocycles. The van der Waals surface area contributed by atoms with E-state index >= 15 is 0 Å². The second-order valence-corrected chi connectivity index (χ2v) is 11.5. The van der Waals surface area contributed by atoms with Gasteiger partial charge in [0.05, 0.1) is 12.1 Å². The maximum absolute atomic E-state index is 13.2. The van der Waals surface area contributed by atoms with Crippen molar-refractivity contribution >= 4 is 12.2 Å². The van der Waals surface area contributed by atoms with Crippen LogP contribution >= 0.6 is 0 Å². The fourth-order valence-electron chi connectivity index (χ4n) is 6.89. The van der Waals surface area contributed by atoms with Gasteiger partial charge in [-0.1, -0.05) is 30.3 Å². The molecule has 5 aliphatic rings. The van der Waals surface area contributed by atoms with E-state index in [4.69, 9.17) is 9.47 Å². The Bertz CT molecular complexity index is 836. The van der Waals surface area contributed by atoms with Gasteiger partial charge in [0.25, 0.3) is 0 Å². The molecule has 32 heavy (non-hydrogen) atoms. The van der Waals surface area contributed by atoms with Gasteiger partial charge in [-0.3, -0.25) is 0 Å². The van der Waals surface area contributed by atoms with E-state index in [0.717, 1.165) is 17.4 Å². The van der Waals surface area contributed by atoms with Gasteiger partial charge in [0.2, 0.25) is 0 Å². The highest BCUT2D eigenvalue weighted by molar-refractivity contribution is 5.71. The van der Waals surface area contributed by atoms with Crippen LogP contribution in [0.5, 0.6) is 0 Å². The second-order valence-electron chi connectivity index (χ2n) is 11.5. The van der Waals surface area contributed by atoms with E-state index in [9.17, 15) is 9.59 Å². The standard InChI is InChI=1S/C26H36N2O4/c1-25(2,3)32-23(29)27-26(21-7-5-4-6-8-21)9-10-28(16-26)24(30)31-22-19-12-17-11-18(14-19)15-20(22)13-17/h4-8,17-20,22H,9-16H2,1-3H3,(H,27,29). The van der Waals surface area contributed by atoms with Crippen molar-refractivity contribution < 1.29 is 19.1 Å². The lowest BCUT2D eigenvalue weighted by molar-refractivity contribution is -0.102. The Labute approximate surface area is 191 Å². The number of hydrogen-bond donors (Lipinski definition) is 1. The van der Waals surface area contributed by atoms with Gasteiger partial charge in [-0.15, -0.1) is 0 Å². The molecular weight excluding hydrogens is 404 g/mol. The van der Waals surface area contributed by atoms with Crippen molar-refractivity contribution in [2.24, 2.45) is 23.7 Å². The normalized spacial score (nSPS) is 35.6. The molecule has 5 fully saturated rings. The predicted octanol–water partition coefficient (Wildman–Crippen LogP) is 5.07. The summed E-state index contributed by atoms with van der Waals surface area (Å²) in [6.45, 7) is 6.50. The van der Waals surface area contributed by atoms with Crippen molar-refractivity contribution in [3.8, 4) is 0 Å². The van der Waals surface area contributed by atoms with Crippen molar-refractivity contribution in [1.82, 2.24) is 10.2 Å². The number of nitrogens with zero attached hydrogens (tertiary/aromatic N) is 1. The molecule has 0 radical (unpaired) electrons. The Morgan fingerprint density at radius 1 is 1.00 bits per heavy atom. The van der Waals surface area contributed by atoms with Gasteiger partial charge in [-0.2, -0.15) is 0 Å². The molecule has 1 aliphatic heterocycles. The van der Waals surface area contributed by atoms with Gasteiger partial charge in [0.1, 0.15) is 11.7 Å². The Kier molecular flexibility index (Phi) is 5.37. The Morgan fingerprint density at radius 3 is 2.22 bits per heavy atom. The third-order valence-corrected chi connectivity index (χ3v) is 7.97. The Morgan fingerprint density at radius 2 is 1.62 bits per heavy atom. The van der Waals surface area contributed by atoms with Gasteiger partial charge < -0.3 is 19.7 Å². The summed E-state index contributed by atoms with van der Waals surface area (Å²) in [7, 11) is 0. The molecular formula is C26H36N2O4. The maximum Gasteiger partial charge on any atom is 0.410 e. The number of alkyl carbamates (subject to hydrolysis) is 1. The minimum absolute atomic E-state index is 0.0702. The van der Waals surface area contributed by atoms with Crippen LogP contribution in [-0.2, 0) is 15.0 Å². The molecule has 1 aromatic rings. The van der Waals surface area contributed by atoms with Crippen LogP contribution in [0.25, 0.3) is 0 Å². The molecule has 1 unspecified atom stereocenters. The predicted molar refractivity (Wildman–Crippen MR) is 121 cm³/mol. The number of nitrogens with one attached hydrogen (secondary N) is 1. The van der Waals surface area contributed by atoms with Crippen LogP contribution in [0, 0.1) is 23.7 Å². The van der Waals surface area contributed by atoms with Crippen LogP contribution in [0.3, 0.4) is 0 Å². The van der Waals surface area contributed by atoms with Crippen molar-refractivity contribution in [3.63, 3.8) is 0 Å². The first kappa shape index (κ1) is 21.6. The average molecular weight is 441 g/mol. The summed E-state index contributed by atoms with van der Waals surface area (Å²) in [5.41, 5.74) is -0.276. The molecule has 1 N–H and O–H groups in total. The number of rotatable bonds is 3. The quantitative estimate of drug-likeness (QED) is 0.712. The molecule has 4 aliphatic carbocycles. The van der Waals surface area contributed by atoms with E-state index in [1.54, 1.807) is 4.90 Å². The molecule has 4 saturated carbocycles. The van der Waals surface area contributed by atoms with Gasteiger partial charge in [-0.05, 0) is 88.5 Å². The van der Waals surface area contributed by atoms with Crippen molar-refractivity contribution in [2.75, 3.05) is 13.1 Å². The molecule has 174 valence electrons. The highest BCUT2D eigenvalue weighted by Gasteiger charge is 2.51. The zero-order valence-electron chi connectivity index (χ0n) is 19.5. The zero-order valence-corrected chi connectivity index (χ0v) is 19.5. The summed E-state index contributed by atoms with van der Waals surface area (Å²) >= 11 is 0. The summed E-state index contributed by atoms with van der Waals surface area (Å²) < 4.78 is 11.7. The summed E-state index contributed by atoms with van der Waals surface area (Å²) in [6, 6.07) is 9.89. The van der Waals surface area contributed by atoms with E-state index in [1.165, 1.54) is 32.1 Å². The largest absolute Gasteiger partial charge is 0.446 e. The lowest BCUT2D eigenvalue weighted by Gasteiger charge is -2.53. The number of likely N-dealkylation sites (tertiary alicyclic amines) is 1. The number of amides is 2. The number of ether oxygens (including phenoxy) is 2. The first-order chi connectivity index (χ1) is 15.2. The lowest BCUT2D eigenvalue weighted by atomic mass is 9.55. The molecule has 6 heteroatoms. The molecule has 6 nitrogen and oxygen atoms in total. The summed E-state index contributed by atoms with van der Waals surface area (Å²) in [4.78, 5) is 27.7. The van der Waals surface area contributed by atoms with Crippen molar-refractivity contribution in [1.29, 1.82) is 0 Å². The molecule has 1 saturated heterocycles. The van der Waals surface area contributed by atoms with Gasteiger partial charge in [-0.25, -0.2) is 9.59 Å². The fraction of sp³-hybridized carbons (Fsp3) is 0.692. The topological polar surface area (TPSA) is 67.9 Å². The number of carbonyl (C=O) groups excluding carboxylic acids is 2. The highest BCUT2D eigenvalue weighted by Crippen LogP contribution is 2.54. The summed E-state index contributed by atoms with van der Waals surface area (Å²) in [5.74, 6) is 2.78. The Hall–Kier alpha value is -2.24. The Balaban J connectivity index is 1.29. The number of hydrogen-bond acceptors (Lipinski definition) is 4. The van der Waals surface area contributed by atoms with Crippen LogP contribution in [0.1, 0.15) is 64.9 Å². The number of benzene rings is 1. The van der Waals surface area contributed by atoms with Crippen molar-refractivity contribution in [2.45, 2.75) is 76.5 Å². The zero-order chi connectivity index (χ0) is 22.5. The third-order valence-electron chi connectivity index (χ3n) is 7.97. The molecule has 4 bridgehead atoms. The second kappa shape index (κ2) is 7.96. The first-order valence-electron chi connectivity index (χ1n) is 12.2. The summed E-state index contributed by atoms with van der Waals surface area (Å²) in [5, 5.41) is 3.09. The van der Waals surface area contributed by atoms with Gasteiger partial charge in [0.15, 0.2) is 0 Å². The monoisotopic (exact) mass is 440 g/mol. The minimum atomic E-state index is -0.674. The molecule has 1 heterocycles. The first-order valence-corrected chi connectivity index (χ1v) is 12.2. The van der Waals surface area contributed by atoms with Crippen LogP contribution in [0.15, 0.2) is 30.3 Å². The molecule has 0 aromatic heterocycles. The molecule has 6 rings (SSSR count). The smallest absolute Gasteiger partial charge is 0.410 e. The minimum Gasteiger partial charge on any atom is -0.446 e. The van der Waals surface area contributed by atoms with E-state index in [-0.39, 0.29) is 12.2 Å². The number of carbonyl (C=O) groups is 2. The van der Waals surface area contributed by atoms with Gasteiger partial charge in [0, 0.05) is 6.54 Å². The average Bonchev–Trinajstić information content (AvgIpc) is 3.14. The summed E-state index contributed by atoms with van der Waals surface area (Å²) in [6.07, 6.45) is 6.28. The van der Waals surface area contributed by atoms with Crippen LogP contribution in [0.2, 0.25) is 0 Å². The molecule has 2 amide bonds. The highest BCUT2D eigenvalue weighted by atomic mass is 16.6. The molecule has 1 atom stereocenters. The van der Waals surface area contributed by atoms with Gasteiger partial charge >= 0.3 is 12.2 Å². The van der Waals surface area contributed by atoms with E-state index in [1.807, 2.05) is 51.1 Å². The molecule has 0 spiro atoms. The van der Waals surface area contributed by atoms with E-state index in [0.29, 0.717) is 31.3 Å². The third kappa shape index (κ3) is 4.20. The van der Waals surface area contributed by atoms with Crippen molar-refractivity contribution in [3.05, 3.63) is 35.9 Å². The van der Waals surface area contributed by atoms with Crippen LogP contribution < -0.4 is 5.32 Å². The SMILES string of the molecule is CC(C)(C)OC(=O)NC1(c2ccccc2)CCN(C(=O)OC2C3CC4CC(C3)CC2C4)C1. The lowest BCUT2D eigenvalue weighted by Crippen LogP contribution is -2.52. The van der Waals surface area contributed by atoms with E-state index < -0.39 is 17.2 Å². The van der Waals surface area contributed by atoms with Crippen LogP contribution in [-0.4, -0.2) is 41.9 Å².